The number of carboxylic acid groups (broad SMARTS) is 1. The second-order valence-electron chi connectivity index (χ2n) is 7.11. The van der Waals surface area contributed by atoms with Crippen LogP contribution in [0.1, 0.15) is 58.1 Å². The summed E-state index contributed by atoms with van der Waals surface area (Å²) >= 11 is 1.55. The maximum Gasteiger partial charge on any atom is 0.416 e. The molecule has 1 N–H and O–H groups in total. The van der Waals surface area contributed by atoms with Gasteiger partial charge in [0.2, 0.25) is 0 Å². The third-order valence-electron chi connectivity index (χ3n) is 5.13. The summed E-state index contributed by atoms with van der Waals surface area (Å²) in [6.45, 7) is -0.0478. The molecule has 4 nitrogen and oxygen atoms in total. The van der Waals surface area contributed by atoms with Crippen LogP contribution in [-0.4, -0.2) is 16.1 Å². The fourth-order valence-electron chi connectivity index (χ4n) is 3.59. The summed E-state index contributed by atoms with van der Waals surface area (Å²) in [5, 5.41) is 10.5. The first-order valence-electron chi connectivity index (χ1n) is 9.28. The first kappa shape index (κ1) is 19.7. The van der Waals surface area contributed by atoms with Crippen molar-refractivity contribution in [3.63, 3.8) is 0 Å². The Bertz CT molecular complexity index is 1040. The highest BCUT2D eigenvalue weighted by Crippen LogP contribution is 2.41. The molecule has 1 aliphatic rings. The van der Waals surface area contributed by atoms with Crippen LogP contribution >= 0.6 is 11.3 Å². The quantitative estimate of drug-likeness (QED) is 0.529. The molecule has 1 fully saturated rings. The topological polar surface area (TPSA) is 59.4 Å². The largest absolute Gasteiger partial charge is 0.486 e. The van der Waals surface area contributed by atoms with Crippen LogP contribution in [-0.2, 0) is 12.8 Å². The summed E-state index contributed by atoms with van der Waals surface area (Å²) in [7, 11) is 0. The Morgan fingerprint density at radius 3 is 2.45 bits per heavy atom. The van der Waals surface area contributed by atoms with Crippen molar-refractivity contribution in [2.45, 2.75) is 44.4 Å². The summed E-state index contributed by atoms with van der Waals surface area (Å²) < 4.78 is 44.8. The lowest BCUT2D eigenvalue weighted by molar-refractivity contribution is -0.137. The van der Waals surface area contributed by atoms with Crippen molar-refractivity contribution in [2.24, 2.45) is 0 Å². The molecule has 3 aromatic rings. The van der Waals surface area contributed by atoms with Crippen LogP contribution in [0.15, 0.2) is 36.4 Å². The van der Waals surface area contributed by atoms with Crippen molar-refractivity contribution in [1.82, 2.24) is 4.98 Å². The number of thiazole rings is 1. The van der Waals surface area contributed by atoms with Gasteiger partial charge in [-0.3, -0.25) is 0 Å². The molecule has 0 unspecified atom stereocenters. The molecule has 0 spiro atoms. The van der Waals surface area contributed by atoms with Gasteiger partial charge in [0.25, 0.3) is 0 Å². The fraction of sp³-hybridized carbons (Fsp3) is 0.333. The molecule has 8 heteroatoms. The molecule has 0 aliphatic heterocycles. The van der Waals surface area contributed by atoms with Crippen molar-refractivity contribution in [3.05, 3.63) is 58.1 Å². The minimum atomic E-state index is -4.40. The van der Waals surface area contributed by atoms with E-state index >= 15 is 0 Å². The second kappa shape index (κ2) is 7.67. The van der Waals surface area contributed by atoms with Crippen LogP contribution in [0.25, 0.3) is 10.2 Å². The molecule has 1 heterocycles. The highest BCUT2D eigenvalue weighted by atomic mass is 32.1. The average molecular weight is 421 g/mol. The lowest BCUT2D eigenvalue weighted by atomic mass is 10.1. The molecule has 0 atom stereocenters. The van der Waals surface area contributed by atoms with E-state index in [1.807, 2.05) is 0 Å². The first-order chi connectivity index (χ1) is 13.8. The van der Waals surface area contributed by atoms with E-state index in [2.05, 4.69) is 4.98 Å². The van der Waals surface area contributed by atoms with E-state index in [-0.39, 0.29) is 17.9 Å². The van der Waals surface area contributed by atoms with Crippen LogP contribution < -0.4 is 4.74 Å². The number of aromatic nitrogens is 1. The Hall–Kier alpha value is -2.61. The number of fused-ring (bicyclic) bond motifs is 1. The summed E-state index contributed by atoms with van der Waals surface area (Å²) in [6, 6.07) is 7.85. The lowest BCUT2D eigenvalue weighted by Gasteiger charge is -2.11. The Balaban J connectivity index is 1.64. The molecule has 1 saturated carbocycles. The predicted octanol–water partition coefficient (Wildman–Crippen LogP) is 6.25. The number of rotatable bonds is 5. The monoisotopic (exact) mass is 421 g/mol. The third kappa shape index (κ3) is 4.07. The Morgan fingerprint density at radius 1 is 1.14 bits per heavy atom. The minimum absolute atomic E-state index is 0.00677. The van der Waals surface area contributed by atoms with E-state index < -0.39 is 17.7 Å². The van der Waals surface area contributed by atoms with Crippen LogP contribution in [0, 0.1) is 0 Å². The zero-order chi connectivity index (χ0) is 20.6. The number of carboxylic acids is 1. The smallest absolute Gasteiger partial charge is 0.416 e. The van der Waals surface area contributed by atoms with E-state index in [0.29, 0.717) is 17.0 Å². The number of alkyl halides is 3. The Kier molecular flexibility index (Phi) is 5.21. The van der Waals surface area contributed by atoms with Crippen molar-refractivity contribution in [2.75, 3.05) is 0 Å². The molecule has 1 aromatic heterocycles. The van der Waals surface area contributed by atoms with Gasteiger partial charge in [-0.15, -0.1) is 11.3 Å². The molecular weight excluding hydrogens is 403 g/mol. The molecule has 4 rings (SSSR count). The standard InChI is InChI=1S/C21H18F3NO3S/c22-21(23,24)14-7-5-12(6-8-14)11-28-18-15(20(26)27)9-10-16-17(18)25-19(29-16)13-3-1-2-4-13/h5-10,13H,1-4,11H2,(H,26,27). The lowest BCUT2D eigenvalue weighted by Crippen LogP contribution is -2.06. The van der Waals surface area contributed by atoms with E-state index in [0.717, 1.165) is 47.5 Å². The van der Waals surface area contributed by atoms with Gasteiger partial charge < -0.3 is 9.84 Å². The zero-order valence-electron chi connectivity index (χ0n) is 15.3. The number of hydrogen-bond acceptors (Lipinski definition) is 4. The Labute approximate surface area is 169 Å². The van der Waals surface area contributed by atoms with Crippen molar-refractivity contribution < 1.29 is 27.8 Å². The number of aromatic carboxylic acids is 1. The van der Waals surface area contributed by atoms with Crippen molar-refractivity contribution >= 4 is 27.5 Å². The van der Waals surface area contributed by atoms with Crippen LogP contribution in [0.4, 0.5) is 13.2 Å². The molecule has 0 saturated heterocycles. The minimum Gasteiger partial charge on any atom is -0.486 e. The zero-order valence-corrected chi connectivity index (χ0v) is 16.1. The number of ether oxygens (including phenoxy) is 1. The van der Waals surface area contributed by atoms with Crippen LogP contribution in [0.3, 0.4) is 0 Å². The normalized spacial score (nSPS) is 15.1. The summed E-state index contributed by atoms with van der Waals surface area (Å²) in [6.07, 6.45) is 0.0793. The highest BCUT2D eigenvalue weighted by Gasteiger charge is 2.30. The third-order valence-corrected chi connectivity index (χ3v) is 6.31. The van der Waals surface area contributed by atoms with Gasteiger partial charge in [0.1, 0.15) is 17.7 Å². The first-order valence-corrected chi connectivity index (χ1v) is 10.1. The number of nitrogens with zero attached hydrogens (tertiary/aromatic N) is 1. The molecule has 0 bridgehead atoms. The molecule has 1 aliphatic carbocycles. The maximum absolute atomic E-state index is 12.7. The molecule has 0 amide bonds. The van der Waals surface area contributed by atoms with Crippen molar-refractivity contribution in [3.8, 4) is 5.75 Å². The molecule has 29 heavy (non-hydrogen) atoms. The Morgan fingerprint density at radius 2 is 1.83 bits per heavy atom. The van der Waals surface area contributed by atoms with Crippen molar-refractivity contribution in [1.29, 1.82) is 0 Å². The van der Waals surface area contributed by atoms with Gasteiger partial charge in [-0.2, -0.15) is 13.2 Å². The second-order valence-corrected chi connectivity index (χ2v) is 8.17. The SMILES string of the molecule is O=C(O)c1ccc2sc(C3CCCC3)nc2c1OCc1ccc(C(F)(F)F)cc1. The van der Waals surface area contributed by atoms with Gasteiger partial charge in [0.05, 0.1) is 15.3 Å². The van der Waals surface area contributed by atoms with Gasteiger partial charge >= 0.3 is 12.1 Å². The molecule has 0 radical (unpaired) electrons. The number of hydrogen-bond donors (Lipinski definition) is 1. The number of halogens is 3. The molecule has 2 aromatic carbocycles. The van der Waals surface area contributed by atoms with E-state index in [1.165, 1.54) is 18.2 Å². The summed E-state index contributed by atoms with van der Waals surface area (Å²) in [5.74, 6) is -0.580. The highest BCUT2D eigenvalue weighted by molar-refractivity contribution is 7.18. The molecule has 152 valence electrons. The molecular formula is C21H18F3NO3S. The van der Waals surface area contributed by atoms with Crippen LogP contribution in [0.2, 0.25) is 0 Å². The van der Waals surface area contributed by atoms with Gasteiger partial charge in [-0.05, 0) is 42.7 Å². The van der Waals surface area contributed by atoms with E-state index in [1.54, 1.807) is 17.4 Å². The summed E-state index contributed by atoms with van der Waals surface area (Å²) in [5.41, 5.74) is 0.268. The van der Waals surface area contributed by atoms with Gasteiger partial charge in [-0.25, -0.2) is 9.78 Å². The predicted molar refractivity (Wildman–Crippen MR) is 104 cm³/mol. The van der Waals surface area contributed by atoms with Gasteiger partial charge in [-0.1, -0.05) is 25.0 Å². The number of benzene rings is 2. The maximum atomic E-state index is 12.7. The van der Waals surface area contributed by atoms with Gasteiger partial charge in [0.15, 0.2) is 5.75 Å². The number of carbonyl (C=O) groups is 1. The summed E-state index contributed by atoms with van der Waals surface area (Å²) in [4.78, 5) is 16.3. The van der Waals surface area contributed by atoms with E-state index in [4.69, 9.17) is 4.74 Å². The fourth-order valence-corrected chi connectivity index (χ4v) is 4.73. The average Bonchev–Trinajstić information content (AvgIpc) is 3.34. The van der Waals surface area contributed by atoms with E-state index in [9.17, 15) is 23.1 Å². The van der Waals surface area contributed by atoms with Gasteiger partial charge in [0, 0.05) is 5.92 Å². The van der Waals surface area contributed by atoms with Crippen LogP contribution in [0.5, 0.6) is 5.75 Å².